The lowest BCUT2D eigenvalue weighted by molar-refractivity contribution is -0.182. The molecule has 1 aliphatic carbocycles. The minimum absolute atomic E-state index is 0.150. The zero-order valence-corrected chi connectivity index (χ0v) is 9.10. The third-order valence-corrected chi connectivity index (χ3v) is 2.40. The van der Waals surface area contributed by atoms with Crippen LogP contribution in [0.2, 0.25) is 0 Å². The molecule has 1 heterocycles. The van der Waals surface area contributed by atoms with Crippen LogP contribution in [0.25, 0.3) is 0 Å². The summed E-state index contributed by atoms with van der Waals surface area (Å²) >= 11 is 0. The first-order valence-electron chi connectivity index (χ1n) is 5.04. The third-order valence-electron chi connectivity index (χ3n) is 2.40. The maximum absolute atomic E-state index is 12.5. The molecule has 0 N–H and O–H groups in total. The summed E-state index contributed by atoms with van der Waals surface area (Å²) in [4.78, 5) is 0. The predicted octanol–water partition coefficient (Wildman–Crippen LogP) is 3.27. The highest BCUT2D eigenvalue weighted by molar-refractivity contribution is 5.10. The van der Waals surface area contributed by atoms with Gasteiger partial charge in [-0.1, -0.05) is 13.8 Å². The average Bonchev–Trinajstić information content (AvgIpc) is 2.88. The van der Waals surface area contributed by atoms with Crippen LogP contribution in [-0.4, -0.2) is 16.0 Å². The van der Waals surface area contributed by atoms with Crippen LogP contribution < -0.4 is 0 Å². The van der Waals surface area contributed by atoms with E-state index in [-0.39, 0.29) is 12.8 Å². The normalized spacial score (nSPS) is 18.0. The molecule has 0 saturated heterocycles. The molecule has 0 radical (unpaired) electrons. The zero-order chi connectivity index (χ0) is 11.7. The maximum Gasteiger partial charge on any atom is 0.413 e. The Morgan fingerprint density at radius 1 is 1.33 bits per heavy atom. The number of aromatic nitrogens is 2. The van der Waals surface area contributed by atoms with Crippen LogP contribution >= 0.6 is 0 Å². The van der Waals surface area contributed by atoms with E-state index in [0.29, 0.717) is 0 Å². The Morgan fingerprint density at radius 2 is 1.87 bits per heavy atom. The van der Waals surface area contributed by atoms with Crippen molar-refractivity contribution in [3.8, 4) is 0 Å². The fourth-order valence-corrected chi connectivity index (χ4v) is 1.41. The molecule has 1 aromatic rings. The first-order valence-corrected chi connectivity index (χ1v) is 5.04. The molecule has 1 fully saturated rings. The second-order valence-electron chi connectivity index (χ2n) is 3.49. The van der Waals surface area contributed by atoms with Crippen molar-refractivity contribution in [1.29, 1.82) is 0 Å². The number of nitrogens with zero attached hydrogens (tertiary/aromatic N) is 2. The Kier molecular flexibility index (Phi) is 3.11. The van der Waals surface area contributed by atoms with Crippen LogP contribution in [0.5, 0.6) is 0 Å². The van der Waals surface area contributed by atoms with E-state index in [1.807, 2.05) is 13.8 Å². The van der Waals surface area contributed by atoms with Crippen LogP contribution in [0.4, 0.5) is 13.2 Å². The summed E-state index contributed by atoms with van der Waals surface area (Å²) in [5.74, 6) is 0. The highest BCUT2D eigenvalue weighted by Crippen LogP contribution is 2.54. The number of rotatable bonds is 1. The van der Waals surface area contributed by atoms with Gasteiger partial charge in [-0.2, -0.15) is 18.3 Å². The minimum Gasteiger partial charge on any atom is -0.257 e. The molecule has 86 valence electrons. The standard InChI is InChI=1S/C8H9F3N2.C2H6/c1-6-4-12-13(5-6)7(2-3-7)8(9,10)11;1-2/h4-5H,2-3H2,1H3;1-2H3. The van der Waals surface area contributed by atoms with Gasteiger partial charge in [-0.25, -0.2) is 0 Å². The molecular formula is C10H15F3N2. The van der Waals surface area contributed by atoms with Crippen molar-refractivity contribution in [1.82, 2.24) is 9.78 Å². The van der Waals surface area contributed by atoms with Crippen molar-refractivity contribution in [2.75, 3.05) is 0 Å². The van der Waals surface area contributed by atoms with Gasteiger partial charge >= 0.3 is 6.18 Å². The smallest absolute Gasteiger partial charge is 0.257 e. The number of aryl methyl sites for hydroxylation is 1. The lowest BCUT2D eigenvalue weighted by atomic mass is 10.2. The molecule has 1 aromatic heterocycles. The van der Waals surface area contributed by atoms with Crippen LogP contribution in [-0.2, 0) is 5.54 Å². The Morgan fingerprint density at radius 3 is 2.13 bits per heavy atom. The molecule has 2 nitrogen and oxygen atoms in total. The highest BCUT2D eigenvalue weighted by Gasteiger charge is 2.65. The molecule has 1 aliphatic rings. The molecule has 0 amide bonds. The summed E-state index contributed by atoms with van der Waals surface area (Å²) in [5.41, 5.74) is -0.933. The quantitative estimate of drug-likeness (QED) is 0.710. The van der Waals surface area contributed by atoms with Crippen molar-refractivity contribution in [2.24, 2.45) is 0 Å². The van der Waals surface area contributed by atoms with Gasteiger partial charge in [0, 0.05) is 6.20 Å². The molecule has 0 aliphatic heterocycles. The summed E-state index contributed by atoms with van der Waals surface area (Å²) in [5, 5.41) is 3.71. The lowest BCUT2D eigenvalue weighted by Crippen LogP contribution is -2.35. The van der Waals surface area contributed by atoms with Crippen LogP contribution in [0.3, 0.4) is 0 Å². The van der Waals surface area contributed by atoms with Crippen LogP contribution in [0.1, 0.15) is 32.3 Å². The number of halogens is 3. The second-order valence-corrected chi connectivity index (χ2v) is 3.49. The summed E-state index contributed by atoms with van der Waals surface area (Å²) in [6.45, 7) is 5.73. The first kappa shape index (κ1) is 12.1. The van der Waals surface area contributed by atoms with E-state index in [1.165, 1.54) is 12.4 Å². The number of hydrogen-bond donors (Lipinski definition) is 0. The van der Waals surface area contributed by atoms with Crippen molar-refractivity contribution in [2.45, 2.75) is 45.3 Å². The lowest BCUT2D eigenvalue weighted by Gasteiger charge is -2.19. The maximum atomic E-state index is 12.5. The SMILES string of the molecule is CC.Cc1cnn(C2(C(F)(F)F)CC2)c1. The molecule has 0 aromatic carbocycles. The molecule has 5 heteroatoms. The van der Waals surface area contributed by atoms with E-state index in [2.05, 4.69) is 5.10 Å². The fraction of sp³-hybridized carbons (Fsp3) is 0.700. The molecule has 15 heavy (non-hydrogen) atoms. The van der Waals surface area contributed by atoms with Crippen molar-refractivity contribution in [3.63, 3.8) is 0 Å². The molecule has 0 unspecified atom stereocenters. The van der Waals surface area contributed by atoms with Crippen molar-refractivity contribution >= 4 is 0 Å². The summed E-state index contributed by atoms with van der Waals surface area (Å²) in [6, 6.07) is 0. The van der Waals surface area contributed by atoms with Gasteiger partial charge in [0.2, 0.25) is 0 Å². The Balaban J connectivity index is 0.000000531. The van der Waals surface area contributed by atoms with Gasteiger partial charge in [0.1, 0.15) is 0 Å². The Labute approximate surface area is 87.1 Å². The highest BCUT2D eigenvalue weighted by atomic mass is 19.4. The van der Waals surface area contributed by atoms with Crippen molar-refractivity contribution in [3.05, 3.63) is 18.0 Å². The van der Waals surface area contributed by atoms with Crippen LogP contribution in [0.15, 0.2) is 12.4 Å². The largest absolute Gasteiger partial charge is 0.413 e. The number of alkyl halides is 3. The molecular weight excluding hydrogens is 205 g/mol. The van der Waals surface area contributed by atoms with E-state index in [1.54, 1.807) is 6.92 Å². The summed E-state index contributed by atoms with van der Waals surface area (Å²) < 4.78 is 38.6. The van der Waals surface area contributed by atoms with E-state index in [9.17, 15) is 13.2 Å². The summed E-state index contributed by atoms with van der Waals surface area (Å²) in [6.07, 6.45) is -0.979. The van der Waals surface area contributed by atoms with Gasteiger partial charge in [-0.3, -0.25) is 4.68 Å². The Hall–Kier alpha value is -1.00. The van der Waals surface area contributed by atoms with E-state index >= 15 is 0 Å². The minimum atomic E-state index is -4.18. The van der Waals surface area contributed by atoms with E-state index in [4.69, 9.17) is 0 Å². The zero-order valence-electron chi connectivity index (χ0n) is 9.10. The van der Waals surface area contributed by atoms with Gasteiger partial charge in [0.15, 0.2) is 5.54 Å². The topological polar surface area (TPSA) is 17.8 Å². The van der Waals surface area contributed by atoms with Gasteiger partial charge in [-0.15, -0.1) is 0 Å². The molecule has 1 saturated carbocycles. The van der Waals surface area contributed by atoms with Crippen molar-refractivity contribution < 1.29 is 13.2 Å². The molecule has 0 bridgehead atoms. The third kappa shape index (κ3) is 2.01. The van der Waals surface area contributed by atoms with Gasteiger partial charge in [0.05, 0.1) is 6.20 Å². The van der Waals surface area contributed by atoms with Gasteiger partial charge in [0.25, 0.3) is 0 Å². The van der Waals surface area contributed by atoms with Crippen LogP contribution in [0, 0.1) is 6.92 Å². The average molecular weight is 220 g/mol. The van der Waals surface area contributed by atoms with E-state index in [0.717, 1.165) is 10.2 Å². The van der Waals surface area contributed by atoms with Gasteiger partial charge in [-0.05, 0) is 25.3 Å². The number of hydrogen-bond acceptors (Lipinski definition) is 1. The first-order chi connectivity index (χ1) is 6.96. The molecule has 0 atom stereocenters. The van der Waals surface area contributed by atoms with E-state index < -0.39 is 11.7 Å². The second kappa shape index (κ2) is 3.87. The van der Waals surface area contributed by atoms with Gasteiger partial charge < -0.3 is 0 Å². The fourth-order valence-electron chi connectivity index (χ4n) is 1.41. The predicted molar refractivity (Wildman–Crippen MR) is 51.6 cm³/mol. The summed E-state index contributed by atoms with van der Waals surface area (Å²) in [7, 11) is 0. The monoisotopic (exact) mass is 220 g/mol. The molecule has 2 rings (SSSR count). The Bertz CT molecular complexity index is 324. The molecule has 0 spiro atoms.